The molecule has 0 saturated heterocycles. The summed E-state index contributed by atoms with van der Waals surface area (Å²) in [5.41, 5.74) is -0.0856. The highest BCUT2D eigenvalue weighted by molar-refractivity contribution is 5.62. The molecule has 0 fully saturated rings. The van der Waals surface area contributed by atoms with Gasteiger partial charge in [0.05, 0.1) is 17.3 Å². The maximum absolute atomic E-state index is 12.4. The van der Waals surface area contributed by atoms with Gasteiger partial charge in [0.25, 0.3) is 0 Å². The Bertz CT molecular complexity index is 614. The van der Waals surface area contributed by atoms with Gasteiger partial charge in [-0.2, -0.15) is 23.5 Å². The number of halogens is 3. The van der Waals surface area contributed by atoms with Crippen LogP contribution in [0.5, 0.6) is 0 Å². The standard InChI is InChI=1S/C12H7F3N4/c13-12(14,15)9-1-3-10(4-2-9)18-11-8(7-16)5-6-17-19-11/h1-6H,(H,18,19). The first-order valence-electron chi connectivity index (χ1n) is 5.17. The second kappa shape index (κ2) is 4.94. The lowest BCUT2D eigenvalue weighted by molar-refractivity contribution is -0.137. The zero-order chi connectivity index (χ0) is 13.9. The Kier molecular flexibility index (Phi) is 3.33. The second-order valence-corrected chi connectivity index (χ2v) is 3.61. The molecule has 0 spiro atoms. The van der Waals surface area contributed by atoms with Gasteiger partial charge in [-0.15, -0.1) is 5.10 Å². The molecule has 1 aromatic carbocycles. The quantitative estimate of drug-likeness (QED) is 0.905. The van der Waals surface area contributed by atoms with Crippen molar-refractivity contribution in [3.8, 4) is 6.07 Å². The molecule has 19 heavy (non-hydrogen) atoms. The van der Waals surface area contributed by atoms with Crippen LogP contribution in [-0.4, -0.2) is 10.2 Å². The highest BCUT2D eigenvalue weighted by Crippen LogP contribution is 2.30. The van der Waals surface area contributed by atoms with E-state index in [1.165, 1.54) is 24.4 Å². The van der Waals surface area contributed by atoms with Crippen LogP contribution in [0.4, 0.5) is 24.7 Å². The number of nitrogens with one attached hydrogen (secondary N) is 1. The lowest BCUT2D eigenvalue weighted by Crippen LogP contribution is -2.05. The number of hydrogen-bond acceptors (Lipinski definition) is 4. The molecule has 1 N–H and O–H groups in total. The first-order chi connectivity index (χ1) is 9.00. The molecule has 0 radical (unpaired) electrons. The summed E-state index contributed by atoms with van der Waals surface area (Å²) in [5.74, 6) is 0.199. The molecule has 96 valence electrons. The monoisotopic (exact) mass is 264 g/mol. The van der Waals surface area contributed by atoms with Crippen molar-refractivity contribution in [3.05, 3.63) is 47.7 Å². The van der Waals surface area contributed by atoms with E-state index in [0.29, 0.717) is 5.69 Å². The van der Waals surface area contributed by atoms with Gasteiger partial charge in [-0.1, -0.05) is 0 Å². The number of anilines is 2. The van der Waals surface area contributed by atoms with Crippen molar-refractivity contribution >= 4 is 11.5 Å². The van der Waals surface area contributed by atoms with Gasteiger partial charge in [-0.25, -0.2) is 0 Å². The van der Waals surface area contributed by atoms with Gasteiger partial charge in [0, 0.05) is 5.69 Å². The maximum Gasteiger partial charge on any atom is 0.416 e. The topological polar surface area (TPSA) is 61.6 Å². The summed E-state index contributed by atoms with van der Waals surface area (Å²) >= 11 is 0. The third-order valence-electron chi connectivity index (χ3n) is 2.32. The minimum atomic E-state index is -4.37. The molecule has 0 aliphatic heterocycles. The molecule has 0 bridgehead atoms. The molecule has 0 aliphatic rings. The Morgan fingerprint density at radius 3 is 2.37 bits per heavy atom. The Hall–Kier alpha value is -2.62. The molecule has 1 aromatic heterocycles. The number of benzene rings is 1. The molecular formula is C12H7F3N4. The zero-order valence-electron chi connectivity index (χ0n) is 9.44. The number of hydrogen-bond donors (Lipinski definition) is 1. The minimum Gasteiger partial charge on any atom is -0.338 e. The van der Waals surface area contributed by atoms with Crippen LogP contribution in [0.25, 0.3) is 0 Å². The SMILES string of the molecule is N#Cc1ccnnc1Nc1ccc(C(F)(F)F)cc1. The van der Waals surface area contributed by atoms with E-state index in [0.717, 1.165) is 12.1 Å². The number of nitrogens with zero attached hydrogens (tertiary/aromatic N) is 3. The molecule has 0 unspecified atom stereocenters. The van der Waals surface area contributed by atoms with E-state index in [1.54, 1.807) is 0 Å². The zero-order valence-corrected chi connectivity index (χ0v) is 9.44. The fourth-order valence-corrected chi connectivity index (χ4v) is 1.39. The average Bonchev–Trinajstić information content (AvgIpc) is 2.39. The normalized spacial score (nSPS) is 10.8. The van der Waals surface area contributed by atoms with Crippen molar-refractivity contribution in [2.45, 2.75) is 6.18 Å². The molecule has 2 aromatic rings. The summed E-state index contributed by atoms with van der Waals surface area (Å²) in [4.78, 5) is 0. The molecule has 0 atom stereocenters. The predicted octanol–water partition coefficient (Wildman–Crippen LogP) is 3.11. The summed E-state index contributed by atoms with van der Waals surface area (Å²) in [6.45, 7) is 0. The number of nitriles is 1. The van der Waals surface area contributed by atoms with Gasteiger partial charge < -0.3 is 5.32 Å². The van der Waals surface area contributed by atoms with E-state index in [4.69, 9.17) is 5.26 Å². The smallest absolute Gasteiger partial charge is 0.338 e. The lowest BCUT2D eigenvalue weighted by atomic mass is 10.2. The van der Waals surface area contributed by atoms with Gasteiger partial charge in [-0.3, -0.25) is 0 Å². The van der Waals surface area contributed by atoms with Gasteiger partial charge >= 0.3 is 6.18 Å². The summed E-state index contributed by atoms with van der Waals surface area (Å²) in [6.07, 6.45) is -3.01. The Labute approximate surface area is 106 Å². The fraction of sp³-hybridized carbons (Fsp3) is 0.0833. The molecular weight excluding hydrogens is 257 g/mol. The molecule has 7 heteroatoms. The summed E-state index contributed by atoms with van der Waals surface area (Å²) in [7, 11) is 0. The first-order valence-corrected chi connectivity index (χ1v) is 5.17. The van der Waals surface area contributed by atoms with Crippen LogP contribution >= 0.6 is 0 Å². The first kappa shape index (κ1) is 12.8. The Balaban J connectivity index is 2.23. The lowest BCUT2D eigenvalue weighted by Gasteiger charge is -2.09. The Morgan fingerprint density at radius 1 is 1.11 bits per heavy atom. The van der Waals surface area contributed by atoms with Crippen molar-refractivity contribution in [2.24, 2.45) is 0 Å². The Morgan fingerprint density at radius 2 is 1.79 bits per heavy atom. The van der Waals surface area contributed by atoms with Crippen LogP contribution in [0.1, 0.15) is 11.1 Å². The summed E-state index contributed by atoms with van der Waals surface area (Å²) in [5, 5.41) is 18.9. The molecule has 1 heterocycles. The summed E-state index contributed by atoms with van der Waals surface area (Å²) in [6, 6.07) is 7.79. The van der Waals surface area contributed by atoms with Gasteiger partial charge in [-0.05, 0) is 30.3 Å². The summed E-state index contributed by atoms with van der Waals surface area (Å²) < 4.78 is 37.1. The van der Waals surface area contributed by atoms with E-state index in [9.17, 15) is 13.2 Å². The van der Waals surface area contributed by atoms with Crippen molar-refractivity contribution in [2.75, 3.05) is 5.32 Å². The molecule has 0 saturated carbocycles. The minimum absolute atomic E-state index is 0.199. The largest absolute Gasteiger partial charge is 0.416 e. The third kappa shape index (κ3) is 2.98. The van der Waals surface area contributed by atoms with Crippen molar-refractivity contribution in [1.29, 1.82) is 5.26 Å². The van der Waals surface area contributed by atoms with Crippen LogP contribution in [0.3, 0.4) is 0 Å². The maximum atomic E-state index is 12.4. The van der Waals surface area contributed by atoms with Crippen molar-refractivity contribution in [3.63, 3.8) is 0 Å². The number of aromatic nitrogens is 2. The van der Waals surface area contributed by atoms with Crippen LogP contribution in [0.2, 0.25) is 0 Å². The predicted molar refractivity (Wildman–Crippen MR) is 61.5 cm³/mol. The van der Waals surface area contributed by atoms with Gasteiger partial charge in [0.2, 0.25) is 0 Å². The van der Waals surface area contributed by atoms with Gasteiger partial charge in [0.1, 0.15) is 6.07 Å². The van der Waals surface area contributed by atoms with E-state index in [1.807, 2.05) is 6.07 Å². The van der Waals surface area contributed by atoms with E-state index >= 15 is 0 Å². The van der Waals surface area contributed by atoms with Crippen LogP contribution < -0.4 is 5.32 Å². The highest BCUT2D eigenvalue weighted by Gasteiger charge is 2.29. The fourth-order valence-electron chi connectivity index (χ4n) is 1.39. The van der Waals surface area contributed by atoms with E-state index in [2.05, 4.69) is 15.5 Å². The second-order valence-electron chi connectivity index (χ2n) is 3.61. The van der Waals surface area contributed by atoms with Crippen LogP contribution in [0.15, 0.2) is 36.5 Å². The van der Waals surface area contributed by atoms with Gasteiger partial charge in [0.15, 0.2) is 5.82 Å². The molecule has 0 aliphatic carbocycles. The molecule has 0 amide bonds. The van der Waals surface area contributed by atoms with E-state index < -0.39 is 11.7 Å². The molecule has 4 nitrogen and oxygen atoms in total. The molecule has 2 rings (SSSR count). The van der Waals surface area contributed by atoms with Crippen LogP contribution in [0, 0.1) is 11.3 Å². The van der Waals surface area contributed by atoms with Crippen molar-refractivity contribution < 1.29 is 13.2 Å². The third-order valence-corrected chi connectivity index (χ3v) is 2.32. The average molecular weight is 264 g/mol. The number of alkyl halides is 3. The highest BCUT2D eigenvalue weighted by atomic mass is 19.4. The number of rotatable bonds is 2. The van der Waals surface area contributed by atoms with Crippen LogP contribution in [-0.2, 0) is 6.18 Å². The van der Waals surface area contributed by atoms with Crippen molar-refractivity contribution in [1.82, 2.24) is 10.2 Å². The van der Waals surface area contributed by atoms with E-state index in [-0.39, 0.29) is 11.4 Å².